The number of fused-ring (bicyclic) bond motifs is 2. The second-order valence-electron chi connectivity index (χ2n) is 10.9. The molecule has 4 rings (SSSR count). The van der Waals surface area contributed by atoms with Crippen LogP contribution in [0.1, 0.15) is 73.3 Å². The van der Waals surface area contributed by atoms with E-state index < -0.39 is 5.54 Å². The number of carbonyl (C=O) groups excluding carboxylic acids is 4. The van der Waals surface area contributed by atoms with Crippen molar-refractivity contribution in [3.63, 3.8) is 0 Å². The van der Waals surface area contributed by atoms with Gasteiger partial charge in [-0.15, -0.1) is 0 Å². The van der Waals surface area contributed by atoms with Crippen molar-refractivity contribution in [1.29, 1.82) is 0 Å². The molecule has 1 aliphatic carbocycles. The minimum atomic E-state index is -1.25. The third-order valence-electron chi connectivity index (χ3n) is 7.59. The number of carbonyl (C=O) groups is 4. The number of nitrogens with one attached hydrogen (secondary N) is 2. The van der Waals surface area contributed by atoms with E-state index >= 15 is 0 Å². The van der Waals surface area contributed by atoms with Crippen LogP contribution >= 0.6 is 0 Å². The summed E-state index contributed by atoms with van der Waals surface area (Å²) >= 11 is 0. The van der Waals surface area contributed by atoms with Crippen LogP contribution in [0.2, 0.25) is 0 Å². The van der Waals surface area contributed by atoms with Crippen molar-refractivity contribution in [2.45, 2.75) is 64.8 Å². The Kier molecular flexibility index (Phi) is 9.04. The van der Waals surface area contributed by atoms with Crippen molar-refractivity contribution in [2.75, 3.05) is 32.7 Å². The van der Waals surface area contributed by atoms with Gasteiger partial charge in [0.2, 0.25) is 17.6 Å². The Hall–Kier alpha value is -3.69. The van der Waals surface area contributed by atoms with Crippen LogP contribution in [0.25, 0.3) is 0 Å². The summed E-state index contributed by atoms with van der Waals surface area (Å²) in [6, 6.07) is 7.68. The van der Waals surface area contributed by atoms with Gasteiger partial charge in [0.25, 0.3) is 11.8 Å². The van der Waals surface area contributed by atoms with Crippen molar-refractivity contribution < 1.29 is 23.6 Å². The average Bonchev–Trinajstić information content (AvgIpc) is 3.34. The van der Waals surface area contributed by atoms with Gasteiger partial charge in [-0.05, 0) is 56.1 Å². The summed E-state index contributed by atoms with van der Waals surface area (Å²) in [6.07, 6.45) is 4.60. The minimum Gasteiger partial charge on any atom is -0.438 e. The summed E-state index contributed by atoms with van der Waals surface area (Å²) in [7, 11) is 0. The minimum absolute atomic E-state index is 0.122. The number of amides is 4. The molecule has 1 saturated heterocycles. The smallest absolute Gasteiger partial charge is 0.291 e. The maximum Gasteiger partial charge on any atom is 0.291 e. The van der Waals surface area contributed by atoms with Crippen LogP contribution in [-0.2, 0) is 26.3 Å². The molecule has 4 amide bonds. The van der Waals surface area contributed by atoms with Gasteiger partial charge in [-0.1, -0.05) is 38.1 Å². The molecule has 1 aliphatic heterocycles. The molecular weight excluding hydrogens is 498 g/mol. The molecule has 1 aromatic carbocycles. The van der Waals surface area contributed by atoms with Gasteiger partial charge in [0, 0.05) is 32.6 Å². The molecule has 2 aliphatic rings. The molecule has 2 heterocycles. The van der Waals surface area contributed by atoms with Gasteiger partial charge in [-0.25, -0.2) is 4.98 Å². The lowest BCUT2D eigenvalue weighted by molar-refractivity contribution is -0.139. The molecule has 1 unspecified atom stereocenters. The number of benzene rings is 1. The van der Waals surface area contributed by atoms with E-state index in [4.69, 9.17) is 4.42 Å². The summed E-state index contributed by atoms with van der Waals surface area (Å²) in [4.78, 5) is 61.0. The van der Waals surface area contributed by atoms with Gasteiger partial charge >= 0.3 is 0 Å². The number of rotatable bonds is 4. The standard InChI is InChI=1S/C29H39N5O5/c1-20(2)12-16-34-18-24(35)32-29(13-6-9-22-8-4-5-10-23(22)29)28(38)30-14-17-33(15-7-11-25(34)36)27(37)26-21(3)31-19-39-26/h4-5,8,10,19-20H,6-7,9,11-18H2,1-3H3,(H,30,38)(H,32,35). The number of oxazole rings is 1. The third-order valence-corrected chi connectivity index (χ3v) is 7.59. The fraction of sp³-hybridized carbons (Fsp3) is 0.552. The fourth-order valence-corrected chi connectivity index (χ4v) is 5.41. The van der Waals surface area contributed by atoms with E-state index in [1.807, 2.05) is 24.3 Å². The van der Waals surface area contributed by atoms with Gasteiger partial charge < -0.3 is 24.9 Å². The van der Waals surface area contributed by atoms with Crippen LogP contribution in [0.15, 0.2) is 35.1 Å². The van der Waals surface area contributed by atoms with E-state index in [0.29, 0.717) is 37.5 Å². The van der Waals surface area contributed by atoms with E-state index in [-0.39, 0.29) is 55.4 Å². The molecule has 10 nitrogen and oxygen atoms in total. The Labute approximate surface area is 229 Å². The van der Waals surface area contributed by atoms with Gasteiger partial charge in [0.15, 0.2) is 6.39 Å². The van der Waals surface area contributed by atoms with Crippen molar-refractivity contribution in [3.05, 3.63) is 53.2 Å². The number of aromatic nitrogens is 1. The van der Waals surface area contributed by atoms with E-state index in [2.05, 4.69) is 29.5 Å². The second-order valence-corrected chi connectivity index (χ2v) is 10.9. The number of nitrogens with zero attached hydrogens (tertiary/aromatic N) is 3. The highest BCUT2D eigenvalue weighted by atomic mass is 16.3. The molecule has 0 saturated carbocycles. The Morgan fingerprint density at radius 2 is 1.92 bits per heavy atom. The summed E-state index contributed by atoms with van der Waals surface area (Å²) in [5.41, 5.74) is 1.03. The van der Waals surface area contributed by atoms with E-state index in [1.54, 1.807) is 16.7 Å². The van der Waals surface area contributed by atoms with E-state index in [0.717, 1.165) is 30.4 Å². The molecule has 2 N–H and O–H groups in total. The van der Waals surface area contributed by atoms with Gasteiger partial charge in [0.05, 0.1) is 12.2 Å². The zero-order valence-electron chi connectivity index (χ0n) is 23.1. The zero-order valence-corrected chi connectivity index (χ0v) is 23.1. The van der Waals surface area contributed by atoms with Crippen molar-refractivity contribution in [2.24, 2.45) is 5.92 Å². The normalized spacial score (nSPS) is 21.4. The summed E-state index contributed by atoms with van der Waals surface area (Å²) in [5, 5.41) is 6.03. The first kappa shape index (κ1) is 28.3. The topological polar surface area (TPSA) is 125 Å². The van der Waals surface area contributed by atoms with Crippen LogP contribution in [-0.4, -0.2) is 71.1 Å². The third kappa shape index (κ3) is 6.49. The Morgan fingerprint density at radius 1 is 1.13 bits per heavy atom. The predicted molar refractivity (Wildman–Crippen MR) is 145 cm³/mol. The van der Waals surface area contributed by atoms with Crippen molar-refractivity contribution in [3.8, 4) is 0 Å². The van der Waals surface area contributed by atoms with Crippen LogP contribution < -0.4 is 10.6 Å². The molecule has 1 fully saturated rings. The molecule has 39 heavy (non-hydrogen) atoms. The molecule has 210 valence electrons. The number of hydrogen-bond donors (Lipinski definition) is 2. The first-order valence-corrected chi connectivity index (χ1v) is 13.9. The van der Waals surface area contributed by atoms with Crippen LogP contribution in [0.5, 0.6) is 0 Å². The molecule has 2 aromatic rings. The lowest BCUT2D eigenvalue weighted by Crippen LogP contribution is -2.60. The molecule has 0 radical (unpaired) electrons. The Balaban J connectivity index is 1.65. The second kappa shape index (κ2) is 12.4. The predicted octanol–water partition coefficient (Wildman–Crippen LogP) is 2.56. The lowest BCUT2D eigenvalue weighted by atomic mass is 9.75. The van der Waals surface area contributed by atoms with E-state index in [1.165, 1.54) is 6.39 Å². The highest BCUT2D eigenvalue weighted by Gasteiger charge is 2.44. The fourth-order valence-electron chi connectivity index (χ4n) is 5.41. The molecule has 1 atom stereocenters. The highest BCUT2D eigenvalue weighted by molar-refractivity contribution is 5.95. The Bertz CT molecular complexity index is 1210. The number of hydrogen-bond acceptors (Lipinski definition) is 6. The molecule has 1 spiro atoms. The number of aryl methyl sites for hydroxylation is 2. The maximum absolute atomic E-state index is 13.9. The average molecular weight is 538 g/mol. The Morgan fingerprint density at radius 3 is 2.67 bits per heavy atom. The molecular formula is C29H39N5O5. The molecule has 0 bridgehead atoms. The SMILES string of the molecule is Cc1ncoc1C(=O)N1CCCC(=O)N(CCC(C)C)CC(=O)NC2(CCCc3ccccc32)C(=O)NCC1. The van der Waals surface area contributed by atoms with Crippen LogP contribution in [0.4, 0.5) is 0 Å². The highest BCUT2D eigenvalue weighted by Crippen LogP contribution is 2.36. The molecule has 10 heteroatoms. The van der Waals surface area contributed by atoms with E-state index in [9.17, 15) is 19.2 Å². The van der Waals surface area contributed by atoms with Gasteiger partial charge in [-0.3, -0.25) is 19.2 Å². The van der Waals surface area contributed by atoms with Crippen molar-refractivity contribution >= 4 is 23.6 Å². The molecule has 1 aromatic heterocycles. The van der Waals surface area contributed by atoms with Crippen LogP contribution in [0, 0.1) is 12.8 Å². The van der Waals surface area contributed by atoms with Gasteiger partial charge in [0.1, 0.15) is 5.54 Å². The summed E-state index contributed by atoms with van der Waals surface area (Å²) in [5.74, 6) is -0.640. The summed E-state index contributed by atoms with van der Waals surface area (Å²) < 4.78 is 5.33. The summed E-state index contributed by atoms with van der Waals surface area (Å²) in [6.45, 7) is 6.88. The first-order valence-electron chi connectivity index (χ1n) is 13.9. The maximum atomic E-state index is 13.9. The monoisotopic (exact) mass is 537 g/mol. The zero-order chi connectivity index (χ0) is 28.0. The van der Waals surface area contributed by atoms with Crippen LogP contribution in [0.3, 0.4) is 0 Å². The lowest BCUT2D eigenvalue weighted by Gasteiger charge is -2.39. The van der Waals surface area contributed by atoms with Gasteiger partial charge in [-0.2, -0.15) is 0 Å². The quantitative estimate of drug-likeness (QED) is 0.618. The van der Waals surface area contributed by atoms with Crippen molar-refractivity contribution in [1.82, 2.24) is 25.4 Å². The first-order chi connectivity index (χ1) is 18.7. The largest absolute Gasteiger partial charge is 0.438 e.